The lowest BCUT2D eigenvalue weighted by Gasteiger charge is -2.61. The van der Waals surface area contributed by atoms with Crippen LogP contribution in [0.3, 0.4) is 0 Å². The third kappa shape index (κ3) is 4.21. The molecular weight excluding hydrogens is 528 g/mol. The molecule has 41 heavy (non-hydrogen) atoms. The van der Waals surface area contributed by atoms with Crippen molar-refractivity contribution >= 4 is 35.1 Å². The summed E-state index contributed by atoms with van der Waals surface area (Å²) in [5.41, 5.74) is -3.42. The molecule has 0 amide bonds. The largest absolute Gasteiger partial charge is 0.481 e. The van der Waals surface area contributed by atoms with Crippen molar-refractivity contribution in [3.05, 3.63) is 23.3 Å². The maximum Gasteiger partial charge on any atom is 0.306 e. The SMILES string of the molecule is C=C(CC(=O)CC(C)C(=O)O)[C@H]1CC(=O)[C@@]2(C)C3=C(C(=O)[C@@H](OC(C)=O)[C@]12C)[C@@]1(C)CCC(=O)C(C)(C)[C@@H]1C[C@@H]3O. The second-order valence-electron chi connectivity index (χ2n) is 13.9. The smallest absolute Gasteiger partial charge is 0.306 e. The molecule has 224 valence electrons. The molecule has 9 heteroatoms. The van der Waals surface area contributed by atoms with Gasteiger partial charge in [0.2, 0.25) is 5.78 Å². The van der Waals surface area contributed by atoms with E-state index in [1.807, 2.05) is 20.8 Å². The van der Waals surface area contributed by atoms with Crippen molar-refractivity contribution in [2.45, 2.75) is 99.2 Å². The lowest BCUT2D eigenvalue weighted by atomic mass is 9.42. The van der Waals surface area contributed by atoms with Crippen LogP contribution in [-0.4, -0.2) is 57.5 Å². The van der Waals surface area contributed by atoms with E-state index in [9.17, 15) is 39.0 Å². The number of carboxylic acids is 1. The highest BCUT2D eigenvalue weighted by Crippen LogP contribution is 2.70. The van der Waals surface area contributed by atoms with Crippen LogP contribution in [0, 0.1) is 39.4 Å². The van der Waals surface area contributed by atoms with Crippen LogP contribution in [0.4, 0.5) is 0 Å². The van der Waals surface area contributed by atoms with E-state index in [0.29, 0.717) is 23.1 Å². The molecule has 9 nitrogen and oxygen atoms in total. The number of Topliss-reactive ketones (excluding diaryl/α,β-unsaturated/α-hetero) is 4. The third-order valence-electron chi connectivity index (χ3n) is 11.3. The number of fused-ring (bicyclic) bond motifs is 4. The van der Waals surface area contributed by atoms with Crippen molar-refractivity contribution in [3.63, 3.8) is 0 Å². The van der Waals surface area contributed by atoms with Crippen LogP contribution >= 0.6 is 0 Å². The van der Waals surface area contributed by atoms with Crippen molar-refractivity contribution in [3.8, 4) is 0 Å². The van der Waals surface area contributed by atoms with Gasteiger partial charge >= 0.3 is 11.9 Å². The summed E-state index contributed by atoms with van der Waals surface area (Å²) < 4.78 is 5.77. The molecule has 0 heterocycles. The molecule has 0 bridgehead atoms. The van der Waals surface area contributed by atoms with E-state index in [1.165, 1.54) is 13.8 Å². The highest BCUT2D eigenvalue weighted by Gasteiger charge is 2.74. The van der Waals surface area contributed by atoms with Crippen molar-refractivity contribution in [1.29, 1.82) is 0 Å². The summed E-state index contributed by atoms with van der Waals surface area (Å²) in [6, 6.07) is 0. The Balaban J connectivity index is 1.89. The van der Waals surface area contributed by atoms with Gasteiger partial charge in [-0.15, -0.1) is 0 Å². The summed E-state index contributed by atoms with van der Waals surface area (Å²) in [6.45, 7) is 15.7. The van der Waals surface area contributed by atoms with Crippen LogP contribution in [0.1, 0.15) is 87.0 Å². The zero-order valence-electron chi connectivity index (χ0n) is 25.1. The number of hydrogen-bond acceptors (Lipinski definition) is 8. The van der Waals surface area contributed by atoms with E-state index in [2.05, 4.69) is 6.58 Å². The number of esters is 1. The number of aliphatic carboxylic acids is 1. The normalized spacial score (nSPS) is 38.5. The van der Waals surface area contributed by atoms with E-state index in [4.69, 9.17) is 4.74 Å². The molecule has 0 aliphatic heterocycles. The quantitative estimate of drug-likeness (QED) is 0.344. The lowest BCUT2D eigenvalue weighted by Crippen LogP contribution is -2.65. The van der Waals surface area contributed by atoms with Crippen LogP contribution in [-0.2, 0) is 33.5 Å². The molecule has 1 unspecified atom stereocenters. The van der Waals surface area contributed by atoms with Crippen molar-refractivity contribution < 1.29 is 43.7 Å². The predicted molar refractivity (Wildman–Crippen MR) is 147 cm³/mol. The van der Waals surface area contributed by atoms with E-state index in [-0.39, 0.29) is 55.4 Å². The first-order valence-electron chi connectivity index (χ1n) is 14.4. The number of ether oxygens (including phenoxy) is 1. The van der Waals surface area contributed by atoms with Gasteiger partial charge in [-0.2, -0.15) is 0 Å². The van der Waals surface area contributed by atoms with Crippen LogP contribution in [0.5, 0.6) is 0 Å². The van der Waals surface area contributed by atoms with E-state index < -0.39 is 63.4 Å². The molecule has 0 saturated heterocycles. The Morgan fingerprint density at radius 3 is 2.24 bits per heavy atom. The molecule has 0 aromatic rings. The third-order valence-corrected chi connectivity index (χ3v) is 11.3. The Bertz CT molecular complexity index is 1300. The number of ketones is 4. The Morgan fingerprint density at radius 1 is 1.07 bits per heavy atom. The monoisotopic (exact) mass is 570 g/mol. The number of hydrogen-bond donors (Lipinski definition) is 2. The number of rotatable bonds is 7. The number of carbonyl (C=O) groups excluding carboxylic acids is 5. The summed E-state index contributed by atoms with van der Waals surface area (Å²) in [6.07, 6.45) is -2.21. The van der Waals surface area contributed by atoms with Gasteiger partial charge in [0.15, 0.2) is 6.10 Å². The molecule has 0 radical (unpaired) electrons. The first-order chi connectivity index (χ1) is 18.8. The van der Waals surface area contributed by atoms with Gasteiger partial charge in [-0.3, -0.25) is 28.8 Å². The second-order valence-corrected chi connectivity index (χ2v) is 13.9. The van der Waals surface area contributed by atoms with Crippen molar-refractivity contribution in [2.75, 3.05) is 0 Å². The van der Waals surface area contributed by atoms with Gasteiger partial charge in [0.05, 0.1) is 17.4 Å². The fourth-order valence-corrected chi connectivity index (χ4v) is 8.85. The van der Waals surface area contributed by atoms with Crippen molar-refractivity contribution in [2.24, 2.45) is 39.4 Å². The number of carboxylic acid groups (broad SMARTS) is 1. The molecule has 0 spiro atoms. The Morgan fingerprint density at radius 2 is 1.68 bits per heavy atom. The van der Waals surface area contributed by atoms with Gasteiger partial charge in [-0.25, -0.2) is 0 Å². The molecule has 0 aromatic heterocycles. The van der Waals surface area contributed by atoms with Crippen LogP contribution in [0.15, 0.2) is 23.3 Å². The fraction of sp³-hybridized carbons (Fsp3) is 0.688. The number of allylic oxidation sites excluding steroid dienone is 1. The Kier molecular flexibility index (Phi) is 7.42. The summed E-state index contributed by atoms with van der Waals surface area (Å²) >= 11 is 0. The Labute approximate surface area is 240 Å². The maximum atomic E-state index is 14.6. The zero-order valence-corrected chi connectivity index (χ0v) is 25.1. The zero-order chi connectivity index (χ0) is 31.0. The van der Waals surface area contributed by atoms with Crippen LogP contribution in [0.25, 0.3) is 0 Å². The first-order valence-corrected chi connectivity index (χ1v) is 14.4. The average Bonchev–Trinajstić information content (AvgIpc) is 3.07. The van der Waals surface area contributed by atoms with Gasteiger partial charge in [0, 0.05) is 54.4 Å². The minimum Gasteiger partial charge on any atom is -0.481 e. The summed E-state index contributed by atoms with van der Waals surface area (Å²) in [4.78, 5) is 78.2. The van der Waals surface area contributed by atoms with E-state index in [0.717, 1.165) is 0 Å². The molecule has 2 saturated carbocycles. The summed E-state index contributed by atoms with van der Waals surface area (Å²) in [5, 5.41) is 20.9. The minimum absolute atomic E-state index is 0.0576. The van der Waals surface area contributed by atoms with Gasteiger partial charge in [-0.05, 0) is 37.2 Å². The molecule has 2 fully saturated rings. The second kappa shape index (κ2) is 9.82. The van der Waals surface area contributed by atoms with Crippen LogP contribution < -0.4 is 0 Å². The molecule has 2 N–H and O–H groups in total. The van der Waals surface area contributed by atoms with Gasteiger partial charge in [-0.1, -0.05) is 46.8 Å². The number of carbonyl (C=O) groups is 6. The Hall–Kier alpha value is -2.94. The predicted octanol–water partition coefficient (Wildman–Crippen LogP) is 3.80. The number of aliphatic hydroxyl groups is 1. The topological polar surface area (TPSA) is 152 Å². The van der Waals surface area contributed by atoms with E-state index >= 15 is 0 Å². The minimum atomic E-state index is -1.42. The molecule has 0 aromatic carbocycles. The van der Waals surface area contributed by atoms with Crippen LogP contribution in [0.2, 0.25) is 0 Å². The standard InChI is InChI=1S/C32H42O9/c1-15(11-18(34)12-16(2)28(39)40)19-13-23(37)32(8)24-20(35)14-21-29(4,5)22(36)9-10-30(21,6)25(24)26(38)27(31(19,32)7)41-17(3)33/h16,19-21,27,35H,1,9-14H2,2-8H3,(H,39,40)/t16?,19-,20+,21+,27-,30+,31+,32+/m1/s1. The molecule has 4 aliphatic rings. The highest BCUT2D eigenvalue weighted by molar-refractivity contribution is 6.09. The fourth-order valence-electron chi connectivity index (χ4n) is 8.85. The van der Waals surface area contributed by atoms with Gasteiger partial charge < -0.3 is 14.9 Å². The molecule has 4 rings (SSSR count). The number of aliphatic hydroxyl groups excluding tert-OH is 1. The first kappa shape index (κ1) is 31.0. The molecule has 4 aliphatic carbocycles. The van der Waals surface area contributed by atoms with Gasteiger partial charge in [0.1, 0.15) is 17.3 Å². The summed E-state index contributed by atoms with van der Waals surface area (Å²) in [7, 11) is 0. The average molecular weight is 571 g/mol. The highest BCUT2D eigenvalue weighted by atomic mass is 16.5. The molecule has 8 atom stereocenters. The maximum absolute atomic E-state index is 14.6. The lowest BCUT2D eigenvalue weighted by molar-refractivity contribution is -0.174. The van der Waals surface area contributed by atoms with Crippen molar-refractivity contribution in [1.82, 2.24) is 0 Å². The van der Waals surface area contributed by atoms with E-state index in [1.54, 1.807) is 13.8 Å². The van der Waals surface area contributed by atoms with Gasteiger partial charge in [0.25, 0.3) is 0 Å². The summed E-state index contributed by atoms with van der Waals surface area (Å²) in [5.74, 6) is -4.83. The molecular formula is C32H42O9.